The lowest BCUT2D eigenvalue weighted by Crippen LogP contribution is -2.67. The molecule has 1 aliphatic heterocycles. The van der Waals surface area contributed by atoms with Crippen molar-refractivity contribution in [3.05, 3.63) is 66.2 Å². The summed E-state index contributed by atoms with van der Waals surface area (Å²) >= 11 is 0. The number of carbonyl (C=O) groups excluding carboxylic acids is 3. The van der Waals surface area contributed by atoms with Gasteiger partial charge in [-0.2, -0.15) is 0 Å². The van der Waals surface area contributed by atoms with Crippen molar-refractivity contribution >= 4 is 29.7 Å². The number of hydrogen-bond donors (Lipinski definition) is 2. The molecule has 0 radical (unpaired) electrons. The first-order valence-electron chi connectivity index (χ1n) is 8.82. The van der Waals surface area contributed by atoms with Crippen LogP contribution in [-0.2, 0) is 20.9 Å². The second kappa shape index (κ2) is 8.87. The number of aliphatic carboxylic acids is 1. The second-order valence-corrected chi connectivity index (χ2v) is 6.31. The molecular weight excluding hydrogens is 378 g/mol. The Kier molecular flexibility index (Phi) is 6.08. The number of para-hydroxylation sites is 1. The topological polar surface area (TPSA) is 116 Å². The summed E-state index contributed by atoms with van der Waals surface area (Å²) < 4.78 is 5.05. The Hall–Kier alpha value is -3.88. The fourth-order valence-corrected chi connectivity index (χ4v) is 2.77. The highest BCUT2D eigenvalue weighted by Crippen LogP contribution is 2.20. The van der Waals surface area contributed by atoms with Crippen molar-refractivity contribution in [1.82, 2.24) is 10.2 Å². The van der Waals surface area contributed by atoms with E-state index in [1.54, 1.807) is 42.5 Å². The van der Waals surface area contributed by atoms with Gasteiger partial charge in [-0.3, -0.25) is 19.4 Å². The smallest absolute Gasteiger partial charge is 0.408 e. The highest BCUT2D eigenvalue weighted by atomic mass is 16.5. The number of imide groups is 1. The molecule has 1 aliphatic rings. The van der Waals surface area contributed by atoms with Gasteiger partial charge in [-0.1, -0.05) is 48.5 Å². The highest BCUT2D eigenvalue weighted by Gasteiger charge is 2.44. The van der Waals surface area contributed by atoms with E-state index in [9.17, 15) is 19.2 Å². The average molecular weight is 397 g/mol. The third kappa shape index (κ3) is 4.89. The average Bonchev–Trinajstić information content (AvgIpc) is 2.73. The number of carboxylic acids is 1. The molecule has 4 amide bonds. The molecule has 0 aliphatic carbocycles. The Labute approximate surface area is 166 Å². The maximum atomic E-state index is 12.6. The standard InChI is InChI=1S/C20H19N3O6/c24-17(25)12-22(15-9-5-2-6-10-15)20(28)23-11-16(18(23)26)21-19(27)29-13-14-7-3-1-4-8-14/h1-10,16H,11-13H2,(H,21,27)(H,24,25). The number of carbonyl (C=O) groups is 4. The minimum atomic E-state index is -1.21. The van der Waals surface area contributed by atoms with Crippen LogP contribution in [0.2, 0.25) is 0 Å². The molecule has 150 valence electrons. The van der Waals surface area contributed by atoms with E-state index in [-0.39, 0.29) is 13.2 Å². The molecule has 0 spiro atoms. The zero-order chi connectivity index (χ0) is 20.8. The molecule has 0 aromatic heterocycles. The summed E-state index contributed by atoms with van der Waals surface area (Å²) in [5, 5.41) is 11.5. The lowest BCUT2D eigenvalue weighted by molar-refractivity contribution is -0.139. The number of alkyl carbamates (subject to hydrolysis) is 1. The number of hydrogen-bond acceptors (Lipinski definition) is 5. The summed E-state index contributed by atoms with van der Waals surface area (Å²) in [4.78, 5) is 49.8. The summed E-state index contributed by atoms with van der Waals surface area (Å²) in [7, 11) is 0. The van der Waals surface area contributed by atoms with Gasteiger partial charge in [0.05, 0.1) is 6.54 Å². The normalized spacial score (nSPS) is 15.2. The zero-order valence-electron chi connectivity index (χ0n) is 15.4. The molecule has 9 heteroatoms. The van der Waals surface area contributed by atoms with Gasteiger partial charge in [0.1, 0.15) is 19.2 Å². The lowest BCUT2D eigenvalue weighted by Gasteiger charge is -2.39. The molecule has 2 aromatic carbocycles. The molecule has 29 heavy (non-hydrogen) atoms. The van der Waals surface area contributed by atoms with E-state index in [2.05, 4.69) is 5.32 Å². The molecule has 1 unspecified atom stereocenters. The largest absolute Gasteiger partial charge is 0.480 e. The molecule has 1 atom stereocenters. The number of ether oxygens (including phenoxy) is 1. The Bertz CT molecular complexity index is 903. The number of urea groups is 1. The zero-order valence-corrected chi connectivity index (χ0v) is 15.4. The van der Waals surface area contributed by atoms with Crippen LogP contribution in [0.3, 0.4) is 0 Å². The Balaban J connectivity index is 1.55. The molecule has 9 nitrogen and oxygen atoms in total. The maximum absolute atomic E-state index is 12.6. The first-order chi connectivity index (χ1) is 14.0. The maximum Gasteiger partial charge on any atom is 0.408 e. The second-order valence-electron chi connectivity index (χ2n) is 6.31. The fraction of sp³-hybridized carbons (Fsp3) is 0.200. The van der Waals surface area contributed by atoms with Crippen molar-refractivity contribution < 1.29 is 29.0 Å². The van der Waals surface area contributed by atoms with Gasteiger partial charge in [-0.15, -0.1) is 0 Å². The summed E-state index contributed by atoms with van der Waals surface area (Å²) in [6, 6.07) is 15.6. The third-order valence-corrected chi connectivity index (χ3v) is 4.26. The molecule has 3 rings (SSSR count). The number of rotatable bonds is 6. The summed E-state index contributed by atoms with van der Waals surface area (Å²) in [5.74, 6) is -1.84. The minimum Gasteiger partial charge on any atom is -0.480 e. The van der Waals surface area contributed by atoms with Crippen LogP contribution in [0.25, 0.3) is 0 Å². The van der Waals surface area contributed by atoms with E-state index in [4.69, 9.17) is 9.84 Å². The summed E-state index contributed by atoms with van der Waals surface area (Å²) in [6.07, 6.45) is -0.773. The van der Waals surface area contributed by atoms with Crippen molar-refractivity contribution in [1.29, 1.82) is 0 Å². The summed E-state index contributed by atoms with van der Waals surface area (Å²) in [5.41, 5.74) is 1.15. The Morgan fingerprint density at radius 2 is 1.69 bits per heavy atom. The number of β-lactam (4-membered cyclic amide) rings is 1. The molecule has 1 saturated heterocycles. The number of likely N-dealkylation sites (tertiary alicyclic amines) is 1. The van der Waals surface area contributed by atoms with Gasteiger partial charge >= 0.3 is 18.1 Å². The predicted molar refractivity (Wildman–Crippen MR) is 102 cm³/mol. The molecule has 0 saturated carbocycles. The van der Waals surface area contributed by atoms with E-state index in [1.807, 2.05) is 18.2 Å². The van der Waals surface area contributed by atoms with Crippen molar-refractivity contribution in [3.8, 4) is 0 Å². The molecular formula is C20H19N3O6. The van der Waals surface area contributed by atoms with Crippen molar-refractivity contribution in [2.45, 2.75) is 12.6 Å². The molecule has 1 fully saturated rings. The number of anilines is 1. The molecule has 0 bridgehead atoms. The van der Waals surface area contributed by atoms with Crippen molar-refractivity contribution in [2.75, 3.05) is 18.0 Å². The van der Waals surface area contributed by atoms with Crippen LogP contribution in [0.1, 0.15) is 5.56 Å². The van der Waals surface area contributed by atoms with E-state index in [0.717, 1.165) is 15.4 Å². The van der Waals surface area contributed by atoms with Crippen LogP contribution in [0, 0.1) is 0 Å². The van der Waals surface area contributed by atoms with Crippen LogP contribution >= 0.6 is 0 Å². The molecule has 1 heterocycles. The van der Waals surface area contributed by atoms with Gasteiger partial charge in [0.2, 0.25) is 0 Å². The monoisotopic (exact) mass is 397 g/mol. The quantitative estimate of drug-likeness (QED) is 0.719. The van der Waals surface area contributed by atoms with Gasteiger partial charge in [-0.05, 0) is 17.7 Å². The number of amides is 4. The summed E-state index contributed by atoms with van der Waals surface area (Å²) in [6.45, 7) is -0.610. The Morgan fingerprint density at radius 1 is 1.07 bits per heavy atom. The van der Waals surface area contributed by atoms with Crippen LogP contribution in [0.5, 0.6) is 0 Å². The van der Waals surface area contributed by atoms with Crippen LogP contribution in [-0.4, -0.2) is 53.1 Å². The van der Waals surface area contributed by atoms with E-state index < -0.39 is 36.6 Å². The van der Waals surface area contributed by atoms with Crippen molar-refractivity contribution in [3.63, 3.8) is 0 Å². The van der Waals surface area contributed by atoms with Gasteiger partial charge in [0, 0.05) is 5.69 Å². The van der Waals surface area contributed by atoms with Crippen molar-refractivity contribution in [2.24, 2.45) is 0 Å². The number of carboxylic acid groups (broad SMARTS) is 1. The van der Waals surface area contributed by atoms with Gasteiger partial charge in [0.15, 0.2) is 0 Å². The SMILES string of the molecule is O=C(O)CN(C(=O)N1CC(NC(=O)OCc2ccccc2)C1=O)c1ccccc1. The number of nitrogens with zero attached hydrogens (tertiary/aromatic N) is 2. The highest BCUT2D eigenvalue weighted by molar-refractivity contribution is 6.09. The van der Waals surface area contributed by atoms with Crippen LogP contribution < -0.4 is 10.2 Å². The van der Waals surface area contributed by atoms with Crippen LogP contribution in [0.15, 0.2) is 60.7 Å². The van der Waals surface area contributed by atoms with E-state index in [0.29, 0.717) is 5.69 Å². The third-order valence-electron chi connectivity index (χ3n) is 4.26. The first kappa shape index (κ1) is 19.9. The molecule has 2 N–H and O–H groups in total. The molecule has 2 aromatic rings. The van der Waals surface area contributed by atoms with Gasteiger partial charge < -0.3 is 15.2 Å². The first-order valence-corrected chi connectivity index (χ1v) is 8.82. The number of nitrogens with one attached hydrogen (secondary N) is 1. The van der Waals surface area contributed by atoms with Gasteiger partial charge in [-0.25, -0.2) is 9.59 Å². The lowest BCUT2D eigenvalue weighted by atomic mass is 10.1. The van der Waals surface area contributed by atoms with Crippen LogP contribution in [0.4, 0.5) is 15.3 Å². The minimum absolute atomic E-state index is 0.0522. The van der Waals surface area contributed by atoms with E-state index in [1.165, 1.54) is 0 Å². The van der Waals surface area contributed by atoms with E-state index >= 15 is 0 Å². The Morgan fingerprint density at radius 3 is 2.28 bits per heavy atom. The van der Waals surface area contributed by atoms with Gasteiger partial charge in [0.25, 0.3) is 5.91 Å². The number of benzene rings is 2. The predicted octanol–water partition coefficient (Wildman–Crippen LogP) is 1.83. The fourth-order valence-electron chi connectivity index (χ4n) is 2.77.